The minimum Gasteiger partial charge on any atom is -0.475 e. The fraction of sp³-hybridized carbons (Fsp3) is 0.467. The first-order valence-corrected chi connectivity index (χ1v) is 7.98. The van der Waals surface area contributed by atoms with Gasteiger partial charge in [-0.1, -0.05) is 0 Å². The number of nitrogens with zero attached hydrogens (tertiary/aromatic N) is 1. The lowest BCUT2D eigenvalue weighted by atomic mass is 10.2. The molecule has 138 valence electrons. The first kappa shape index (κ1) is 20.7. The Hall–Kier alpha value is -2.36. The molecular weight excluding hydrogens is 400 g/mol. The maximum absolute atomic E-state index is 11.9. The topological polar surface area (TPSA) is 117 Å². The van der Waals surface area contributed by atoms with Crippen LogP contribution in [0.15, 0.2) is 22.7 Å². The molecule has 1 unspecified atom stereocenters. The maximum Gasteiger partial charge on any atom is 0.407 e. The molecule has 0 aromatic heterocycles. The van der Waals surface area contributed by atoms with E-state index < -0.39 is 28.7 Å². The van der Waals surface area contributed by atoms with Crippen LogP contribution in [0, 0.1) is 10.1 Å². The van der Waals surface area contributed by atoms with Crippen molar-refractivity contribution in [1.29, 1.82) is 0 Å². The number of ether oxygens (including phenoxy) is 3. The summed E-state index contributed by atoms with van der Waals surface area (Å²) in [6, 6.07) is 3.86. The van der Waals surface area contributed by atoms with Crippen molar-refractivity contribution in [3.8, 4) is 5.75 Å². The summed E-state index contributed by atoms with van der Waals surface area (Å²) in [5, 5.41) is 13.3. The van der Waals surface area contributed by atoms with Gasteiger partial charge >= 0.3 is 12.1 Å². The first-order chi connectivity index (χ1) is 11.5. The number of rotatable bonds is 6. The van der Waals surface area contributed by atoms with Gasteiger partial charge in [0.05, 0.1) is 29.1 Å². The number of hydrogen-bond donors (Lipinski definition) is 1. The molecule has 0 heterocycles. The number of carbonyl (C=O) groups excluding carboxylic acids is 2. The normalized spacial score (nSPS) is 12.0. The Balaban J connectivity index is 2.87. The first-order valence-electron chi connectivity index (χ1n) is 7.18. The van der Waals surface area contributed by atoms with Crippen LogP contribution in [0.2, 0.25) is 0 Å². The third kappa shape index (κ3) is 6.96. The molecule has 25 heavy (non-hydrogen) atoms. The monoisotopic (exact) mass is 418 g/mol. The molecule has 0 aliphatic heterocycles. The van der Waals surface area contributed by atoms with Crippen molar-refractivity contribution >= 4 is 33.7 Å². The van der Waals surface area contributed by atoms with Gasteiger partial charge in [0.2, 0.25) is 6.10 Å². The average molecular weight is 419 g/mol. The van der Waals surface area contributed by atoms with Crippen LogP contribution in [0.25, 0.3) is 0 Å². The number of methoxy groups -OCH3 is 1. The molecular formula is C15H19BrN2O7. The molecule has 9 nitrogen and oxygen atoms in total. The van der Waals surface area contributed by atoms with E-state index in [4.69, 9.17) is 9.47 Å². The highest BCUT2D eigenvalue weighted by Gasteiger charge is 2.25. The molecule has 1 aromatic carbocycles. The zero-order valence-electron chi connectivity index (χ0n) is 14.2. The predicted molar refractivity (Wildman–Crippen MR) is 91.5 cm³/mol. The Bertz CT molecular complexity index is 658. The van der Waals surface area contributed by atoms with Crippen LogP contribution >= 0.6 is 15.9 Å². The van der Waals surface area contributed by atoms with Gasteiger partial charge < -0.3 is 19.5 Å². The molecule has 0 spiro atoms. The fourth-order valence-corrected chi connectivity index (χ4v) is 1.98. The lowest BCUT2D eigenvalue weighted by Crippen LogP contribution is -2.42. The number of benzene rings is 1. The highest BCUT2D eigenvalue weighted by Crippen LogP contribution is 2.30. The number of amides is 1. The molecule has 1 aromatic rings. The van der Waals surface area contributed by atoms with Gasteiger partial charge in [-0.3, -0.25) is 10.1 Å². The molecule has 0 saturated carbocycles. The van der Waals surface area contributed by atoms with Crippen molar-refractivity contribution in [2.75, 3.05) is 13.7 Å². The molecule has 1 rings (SSSR count). The quantitative estimate of drug-likeness (QED) is 0.428. The summed E-state index contributed by atoms with van der Waals surface area (Å²) in [7, 11) is 1.16. The Morgan fingerprint density at radius 3 is 2.52 bits per heavy atom. The van der Waals surface area contributed by atoms with Gasteiger partial charge in [0, 0.05) is 6.07 Å². The number of esters is 1. The molecule has 0 fully saturated rings. The van der Waals surface area contributed by atoms with Crippen LogP contribution in [0.5, 0.6) is 5.75 Å². The molecule has 1 atom stereocenters. The average Bonchev–Trinajstić information content (AvgIpc) is 2.50. The Kier molecular flexibility index (Phi) is 7.16. The molecule has 0 aliphatic rings. The van der Waals surface area contributed by atoms with Gasteiger partial charge in [0.15, 0.2) is 0 Å². The van der Waals surface area contributed by atoms with E-state index in [0.29, 0.717) is 4.47 Å². The van der Waals surface area contributed by atoms with Crippen LogP contribution < -0.4 is 10.1 Å². The molecule has 0 aliphatic carbocycles. The number of non-ortho nitro benzene ring substituents is 1. The van der Waals surface area contributed by atoms with Gasteiger partial charge in [-0.15, -0.1) is 0 Å². The molecule has 1 amide bonds. The van der Waals surface area contributed by atoms with E-state index in [2.05, 4.69) is 26.0 Å². The summed E-state index contributed by atoms with van der Waals surface area (Å²) in [5.74, 6) is -0.690. The fourth-order valence-electron chi connectivity index (χ4n) is 1.64. The molecule has 0 saturated heterocycles. The lowest BCUT2D eigenvalue weighted by molar-refractivity contribution is -0.385. The van der Waals surface area contributed by atoms with E-state index >= 15 is 0 Å². The standard InChI is InChI=1S/C15H19BrN2O7/c1-15(2,3)25-14(20)17-8-12(13(19)23-4)24-11-7-9(18(21)22)5-6-10(11)16/h5-7,12H,8H2,1-4H3,(H,17,20). The van der Waals surface area contributed by atoms with Crippen molar-refractivity contribution in [2.24, 2.45) is 0 Å². The highest BCUT2D eigenvalue weighted by molar-refractivity contribution is 9.10. The Morgan fingerprint density at radius 1 is 1.36 bits per heavy atom. The highest BCUT2D eigenvalue weighted by atomic mass is 79.9. The van der Waals surface area contributed by atoms with E-state index in [1.54, 1.807) is 20.8 Å². The summed E-state index contributed by atoms with van der Waals surface area (Å²) < 4.78 is 15.6. The van der Waals surface area contributed by atoms with Crippen LogP contribution in [-0.4, -0.2) is 42.3 Å². The molecule has 0 bridgehead atoms. The summed E-state index contributed by atoms with van der Waals surface area (Å²) in [6.07, 6.45) is -1.95. The van der Waals surface area contributed by atoms with E-state index in [1.165, 1.54) is 12.1 Å². The predicted octanol–water partition coefficient (Wildman–Crippen LogP) is 2.80. The third-order valence-electron chi connectivity index (χ3n) is 2.69. The SMILES string of the molecule is COC(=O)C(CNC(=O)OC(C)(C)C)Oc1cc([N+](=O)[O-])ccc1Br. The number of carbonyl (C=O) groups is 2. The van der Waals surface area contributed by atoms with E-state index in [-0.39, 0.29) is 18.0 Å². The van der Waals surface area contributed by atoms with Crippen LogP contribution in [0.3, 0.4) is 0 Å². The van der Waals surface area contributed by atoms with E-state index in [1.807, 2.05) is 0 Å². The lowest BCUT2D eigenvalue weighted by Gasteiger charge is -2.22. The van der Waals surface area contributed by atoms with Crippen molar-refractivity contribution in [2.45, 2.75) is 32.5 Å². The van der Waals surface area contributed by atoms with Gasteiger partial charge in [0.1, 0.15) is 11.4 Å². The summed E-state index contributed by atoms with van der Waals surface area (Å²) >= 11 is 3.19. The number of hydrogen-bond acceptors (Lipinski definition) is 7. The van der Waals surface area contributed by atoms with Gasteiger partial charge in [-0.2, -0.15) is 0 Å². The van der Waals surface area contributed by atoms with Crippen LogP contribution in [0.4, 0.5) is 10.5 Å². The number of nitrogens with one attached hydrogen (secondary N) is 1. The molecule has 10 heteroatoms. The number of alkyl carbamates (subject to hydrolysis) is 1. The summed E-state index contributed by atoms with van der Waals surface area (Å²) in [5.41, 5.74) is -0.906. The number of nitro groups is 1. The minimum absolute atomic E-state index is 0.0654. The maximum atomic E-state index is 11.9. The Labute approximate surface area is 152 Å². The molecule has 1 N–H and O–H groups in total. The van der Waals surface area contributed by atoms with Gasteiger partial charge in [0.25, 0.3) is 5.69 Å². The van der Waals surface area contributed by atoms with Gasteiger partial charge in [-0.25, -0.2) is 9.59 Å². The van der Waals surface area contributed by atoms with Crippen LogP contribution in [0.1, 0.15) is 20.8 Å². The smallest absolute Gasteiger partial charge is 0.407 e. The van der Waals surface area contributed by atoms with Gasteiger partial charge in [-0.05, 0) is 42.8 Å². The summed E-state index contributed by atoms with van der Waals surface area (Å²) in [6.45, 7) is 4.85. The summed E-state index contributed by atoms with van der Waals surface area (Å²) in [4.78, 5) is 33.8. The second-order valence-electron chi connectivity index (χ2n) is 5.88. The Morgan fingerprint density at radius 2 is 2.00 bits per heavy atom. The van der Waals surface area contributed by atoms with Crippen LogP contribution in [-0.2, 0) is 14.3 Å². The van der Waals surface area contributed by atoms with E-state index in [9.17, 15) is 19.7 Å². The van der Waals surface area contributed by atoms with Crippen molar-refractivity contribution in [3.63, 3.8) is 0 Å². The largest absolute Gasteiger partial charge is 0.475 e. The molecule has 0 radical (unpaired) electrons. The minimum atomic E-state index is -1.21. The number of halogens is 1. The van der Waals surface area contributed by atoms with Crippen molar-refractivity contribution < 1.29 is 28.7 Å². The second-order valence-corrected chi connectivity index (χ2v) is 6.74. The van der Waals surface area contributed by atoms with Crippen molar-refractivity contribution in [1.82, 2.24) is 5.32 Å². The number of nitro benzene ring substituents is 1. The van der Waals surface area contributed by atoms with E-state index in [0.717, 1.165) is 13.2 Å². The zero-order chi connectivity index (χ0) is 19.2. The second kappa shape index (κ2) is 8.65. The third-order valence-corrected chi connectivity index (χ3v) is 3.34. The van der Waals surface area contributed by atoms with Crippen molar-refractivity contribution in [3.05, 3.63) is 32.8 Å². The zero-order valence-corrected chi connectivity index (χ0v) is 15.8.